The first-order chi connectivity index (χ1) is 11.2. The highest BCUT2D eigenvalue weighted by atomic mass is 35.5. The van der Waals surface area contributed by atoms with E-state index >= 15 is 0 Å². The van der Waals surface area contributed by atoms with E-state index in [9.17, 15) is 0 Å². The summed E-state index contributed by atoms with van der Waals surface area (Å²) in [7, 11) is 0. The Balaban J connectivity index is 1.65. The molecule has 0 unspecified atom stereocenters. The molecule has 23 heavy (non-hydrogen) atoms. The van der Waals surface area contributed by atoms with E-state index in [1.807, 2.05) is 47.8 Å². The first-order valence-corrected chi connectivity index (χ1v) is 9.42. The van der Waals surface area contributed by atoms with Gasteiger partial charge < -0.3 is 0 Å². The van der Waals surface area contributed by atoms with Crippen LogP contribution in [0.5, 0.6) is 0 Å². The summed E-state index contributed by atoms with van der Waals surface area (Å²) in [4.78, 5) is 4.60. The monoisotopic (exact) mass is 375 g/mol. The zero-order valence-corrected chi connectivity index (χ0v) is 15.1. The average molecular weight is 376 g/mol. The van der Waals surface area contributed by atoms with Crippen molar-refractivity contribution in [3.05, 3.63) is 69.5 Å². The normalized spacial score (nSPS) is 10.2. The second-order valence-electron chi connectivity index (χ2n) is 4.58. The molecule has 3 rings (SSSR count). The topological polar surface area (TPSA) is 12.9 Å². The van der Waals surface area contributed by atoms with Crippen LogP contribution in [0, 0.1) is 11.8 Å². The molecule has 1 nitrogen and oxygen atoms in total. The molecule has 1 aromatic heterocycles. The Hall–Kier alpha value is -1.44. The standard InChI is InChI=1S/C18H11Cl2NS2/c19-14-8-9-15(16(20)11-14)17-12-23-18(21-17)22-10-4-7-13-5-2-1-3-6-13/h1-3,5-6,8-9,11-12H,10H2. The summed E-state index contributed by atoms with van der Waals surface area (Å²) in [6.45, 7) is 0. The Morgan fingerprint density at radius 2 is 1.91 bits per heavy atom. The number of nitrogens with zero attached hydrogens (tertiary/aromatic N) is 1. The van der Waals surface area contributed by atoms with Gasteiger partial charge in [0.15, 0.2) is 4.34 Å². The van der Waals surface area contributed by atoms with Gasteiger partial charge in [0.2, 0.25) is 0 Å². The summed E-state index contributed by atoms with van der Waals surface area (Å²) in [5.74, 6) is 7.00. The van der Waals surface area contributed by atoms with E-state index in [0.717, 1.165) is 21.2 Å². The molecule has 0 bridgehead atoms. The van der Waals surface area contributed by atoms with E-state index in [2.05, 4.69) is 16.8 Å². The number of benzene rings is 2. The van der Waals surface area contributed by atoms with Crippen LogP contribution >= 0.6 is 46.3 Å². The van der Waals surface area contributed by atoms with E-state index in [-0.39, 0.29) is 0 Å². The van der Waals surface area contributed by atoms with Gasteiger partial charge in [0.25, 0.3) is 0 Å². The molecular weight excluding hydrogens is 365 g/mol. The van der Waals surface area contributed by atoms with E-state index in [4.69, 9.17) is 23.2 Å². The highest BCUT2D eigenvalue weighted by Crippen LogP contribution is 2.33. The number of halogens is 2. The summed E-state index contributed by atoms with van der Waals surface area (Å²) >= 11 is 15.4. The van der Waals surface area contributed by atoms with Gasteiger partial charge in [-0.25, -0.2) is 4.98 Å². The molecule has 0 radical (unpaired) electrons. The van der Waals surface area contributed by atoms with Gasteiger partial charge in [-0.15, -0.1) is 11.3 Å². The first kappa shape index (κ1) is 16.4. The van der Waals surface area contributed by atoms with Crippen molar-refractivity contribution in [3.63, 3.8) is 0 Å². The largest absolute Gasteiger partial charge is 0.230 e. The van der Waals surface area contributed by atoms with Crippen molar-refractivity contribution in [2.75, 3.05) is 5.75 Å². The van der Waals surface area contributed by atoms with Gasteiger partial charge in [-0.1, -0.05) is 65.0 Å². The van der Waals surface area contributed by atoms with E-state index in [1.54, 1.807) is 29.2 Å². The second-order valence-corrected chi connectivity index (χ2v) is 7.50. The minimum atomic E-state index is 0.614. The van der Waals surface area contributed by atoms with E-state index in [1.165, 1.54) is 0 Å². The van der Waals surface area contributed by atoms with Gasteiger partial charge in [-0.05, 0) is 30.3 Å². The molecule has 0 atom stereocenters. The molecule has 0 saturated carbocycles. The number of hydrogen-bond acceptors (Lipinski definition) is 3. The number of thioether (sulfide) groups is 1. The average Bonchev–Trinajstić information content (AvgIpc) is 3.01. The molecule has 5 heteroatoms. The van der Waals surface area contributed by atoms with Gasteiger partial charge in [-0.2, -0.15) is 0 Å². The molecule has 2 aromatic carbocycles. The highest BCUT2D eigenvalue weighted by Gasteiger charge is 2.08. The maximum Gasteiger partial charge on any atom is 0.151 e. The molecule has 0 N–H and O–H groups in total. The Morgan fingerprint density at radius 1 is 1.09 bits per heavy atom. The third kappa shape index (κ3) is 4.53. The Bertz CT molecular complexity index is 863. The fourth-order valence-corrected chi connectivity index (χ4v) is 3.97. The molecule has 0 spiro atoms. The van der Waals surface area contributed by atoms with Crippen LogP contribution in [-0.2, 0) is 0 Å². The van der Waals surface area contributed by atoms with Gasteiger partial charge >= 0.3 is 0 Å². The van der Waals surface area contributed by atoms with E-state index in [0.29, 0.717) is 15.8 Å². The lowest BCUT2D eigenvalue weighted by molar-refractivity contribution is 1.25. The molecule has 0 fully saturated rings. The van der Waals surface area contributed by atoms with Crippen molar-refractivity contribution >= 4 is 46.3 Å². The third-order valence-corrected chi connectivity index (χ3v) is 5.42. The number of rotatable bonds is 3. The predicted molar refractivity (Wildman–Crippen MR) is 102 cm³/mol. The molecule has 0 aliphatic rings. The molecular formula is C18H11Cl2NS2. The lowest BCUT2D eigenvalue weighted by atomic mass is 10.2. The van der Waals surface area contributed by atoms with Crippen molar-refractivity contribution in [2.45, 2.75) is 4.34 Å². The summed E-state index contributed by atoms with van der Waals surface area (Å²) in [5, 5.41) is 3.24. The van der Waals surface area contributed by atoms with Gasteiger partial charge in [0, 0.05) is 21.5 Å². The smallest absolute Gasteiger partial charge is 0.151 e. The highest BCUT2D eigenvalue weighted by molar-refractivity contribution is 8.01. The zero-order valence-electron chi connectivity index (χ0n) is 11.9. The minimum absolute atomic E-state index is 0.614. The van der Waals surface area contributed by atoms with E-state index < -0.39 is 0 Å². The fraction of sp³-hybridized carbons (Fsp3) is 0.0556. The predicted octanol–water partition coefficient (Wildman–Crippen LogP) is 6.26. The maximum absolute atomic E-state index is 6.22. The van der Waals surface area contributed by atoms with Crippen LogP contribution in [0.3, 0.4) is 0 Å². The van der Waals surface area contributed by atoms with Crippen LogP contribution in [-0.4, -0.2) is 10.7 Å². The van der Waals surface area contributed by atoms with Crippen LogP contribution in [0.1, 0.15) is 5.56 Å². The molecule has 0 aliphatic carbocycles. The van der Waals surface area contributed by atoms with Crippen molar-refractivity contribution in [2.24, 2.45) is 0 Å². The second kappa shape index (κ2) is 7.90. The number of hydrogen-bond donors (Lipinski definition) is 0. The van der Waals surface area contributed by atoms with Gasteiger partial charge in [0.05, 0.1) is 16.5 Å². The molecule has 0 aliphatic heterocycles. The van der Waals surface area contributed by atoms with Crippen LogP contribution in [0.4, 0.5) is 0 Å². The van der Waals surface area contributed by atoms with Gasteiger partial charge in [-0.3, -0.25) is 0 Å². The molecule has 0 amide bonds. The van der Waals surface area contributed by atoms with Crippen LogP contribution < -0.4 is 0 Å². The van der Waals surface area contributed by atoms with Crippen molar-refractivity contribution < 1.29 is 0 Å². The fourth-order valence-electron chi connectivity index (χ4n) is 1.90. The Morgan fingerprint density at radius 3 is 2.70 bits per heavy atom. The quantitative estimate of drug-likeness (QED) is 0.395. The van der Waals surface area contributed by atoms with Crippen molar-refractivity contribution in [1.29, 1.82) is 0 Å². The summed E-state index contributed by atoms with van der Waals surface area (Å²) in [6, 6.07) is 15.4. The maximum atomic E-state index is 6.22. The summed E-state index contributed by atoms with van der Waals surface area (Å²) in [5.41, 5.74) is 2.80. The van der Waals surface area contributed by atoms with Crippen molar-refractivity contribution in [1.82, 2.24) is 4.98 Å². The number of aromatic nitrogens is 1. The minimum Gasteiger partial charge on any atom is -0.230 e. The van der Waals surface area contributed by atoms with Crippen LogP contribution in [0.15, 0.2) is 58.3 Å². The van der Waals surface area contributed by atoms with Gasteiger partial charge in [0.1, 0.15) is 0 Å². The Kier molecular flexibility index (Phi) is 5.64. The Labute approximate surface area is 153 Å². The SMILES string of the molecule is Clc1ccc(-c2csc(SCC#Cc3ccccc3)n2)c(Cl)c1. The van der Waals surface area contributed by atoms with Crippen LogP contribution in [0.2, 0.25) is 10.0 Å². The zero-order chi connectivity index (χ0) is 16.1. The molecule has 114 valence electrons. The lowest BCUT2D eigenvalue weighted by Gasteiger charge is -2.00. The molecule has 3 aromatic rings. The molecule has 1 heterocycles. The number of thiazole rings is 1. The summed E-state index contributed by atoms with van der Waals surface area (Å²) < 4.78 is 0.980. The third-order valence-electron chi connectivity index (χ3n) is 2.96. The van der Waals surface area contributed by atoms with Crippen LogP contribution in [0.25, 0.3) is 11.3 Å². The summed E-state index contributed by atoms with van der Waals surface area (Å²) in [6.07, 6.45) is 0. The first-order valence-electron chi connectivity index (χ1n) is 6.80. The lowest BCUT2D eigenvalue weighted by Crippen LogP contribution is -1.80. The van der Waals surface area contributed by atoms with Crippen molar-refractivity contribution in [3.8, 4) is 23.1 Å². The molecule has 0 saturated heterocycles.